The quantitative estimate of drug-likeness (QED) is 0.577. The Hall–Kier alpha value is -1.00. The smallest absolute Gasteiger partial charge is 0.198 e. The van der Waals surface area contributed by atoms with Crippen LogP contribution in [-0.4, -0.2) is 24.1 Å². The largest absolute Gasteiger partial charge is 0.293 e. The van der Waals surface area contributed by atoms with Gasteiger partial charge in [-0.25, -0.2) is 0 Å². The van der Waals surface area contributed by atoms with Gasteiger partial charge in [-0.3, -0.25) is 9.59 Å². The fraction of sp³-hybridized carbons (Fsp3) is 0.474. The van der Waals surface area contributed by atoms with Gasteiger partial charge in [0.2, 0.25) is 0 Å². The minimum absolute atomic E-state index is 0.0202. The van der Waals surface area contributed by atoms with Crippen molar-refractivity contribution in [2.24, 2.45) is 5.92 Å². The predicted octanol–water partition coefficient (Wildman–Crippen LogP) is 4.84. The molecule has 1 unspecified atom stereocenters. The molecule has 1 saturated carbocycles. The Balaban J connectivity index is 2.18. The normalized spacial score (nSPS) is 24.4. The number of carbonyl (C=O) groups excluding carboxylic acids is 2. The highest BCUT2D eigenvalue weighted by atomic mass is 32.2. The molecule has 0 aliphatic heterocycles. The van der Waals surface area contributed by atoms with Gasteiger partial charge in [-0.2, -0.15) is 0 Å². The van der Waals surface area contributed by atoms with E-state index in [1.807, 2.05) is 43.7 Å². The molecule has 1 fully saturated rings. The summed E-state index contributed by atoms with van der Waals surface area (Å²) in [4.78, 5) is 26.3. The molecule has 1 aromatic carbocycles. The van der Waals surface area contributed by atoms with Gasteiger partial charge in [0.25, 0.3) is 0 Å². The number of ketones is 2. The zero-order chi connectivity index (χ0) is 16.6. The molecule has 0 radical (unpaired) electrons. The van der Waals surface area contributed by atoms with Crippen molar-refractivity contribution in [3.05, 3.63) is 45.2 Å². The molecular formula is C19H22O2S2. The minimum Gasteiger partial charge on any atom is -0.293 e. The van der Waals surface area contributed by atoms with E-state index in [4.69, 9.17) is 0 Å². The molecule has 2 aliphatic rings. The highest BCUT2D eigenvalue weighted by Gasteiger charge is 2.48. The first-order valence-corrected chi connectivity index (χ1v) is 10.5. The van der Waals surface area contributed by atoms with Crippen molar-refractivity contribution in [3.8, 4) is 0 Å². The molecule has 1 atom stereocenters. The lowest BCUT2D eigenvalue weighted by Gasteiger charge is -2.40. The number of hydrogen-bond donors (Lipinski definition) is 0. The van der Waals surface area contributed by atoms with Crippen molar-refractivity contribution in [2.45, 2.75) is 38.0 Å². The van der Waals surface area contributed by atoms with Crippen LogP contribution in [0.2, 0.25) is 0 Å². The lowest BCUT2D eigenvalue weighted by atomic mass is 9.62. The van der Waals surface area contributed by atoms with E-state index in [0.717, 1.165) is 16.2 Å². The summed E-state index contributed by atoms with van der Waals surface area (Å²) in [6.07, 6.45) is 8.40. The van der Waals surface area contributed by atoms with Crippen molar-refractivity contribution in [3.63, 3.8) is 0 Å². The van der Waals surface area contributed by atoms with Crippen LogP contribution in [-0.2, 0) is 10.2 Å². The van der Waals surface area contributed by atoms with Crippen molar-refractivity contribution in [1.29, 1.82) is 0 Å². The van der Waals surface area contributed by atoms with Gasteiger partial charge in [0, 0.05) is 5.56 Å². The Bertz CT molecular complexity index is 682. The molecule has 0 bridgehead atoms. The first kappa shape index (κ1) is 16.8. The lowest BCUT2D eigenvalue weighted by molar-refractivity contribution is -0.121. The summed E-state index contributed by atoms with van der Waals surface area (Å²) >= 11 is 3.00. The zero-order valence-corrected chi connectivity index (χ0v) is 15.5. The minimum atomic E-state index is -0.568. The molecule has 0 spiro atoms. The standard InChI is InChI=1S/C19H22O2S2/c1-19(11-12-7-6-8-12)14-10-5-4-9-13(14)16(20)15(17(19)21)18(22-2)23-3/h4-5,9-10,12H,6-8,11H2,1-3H3. The van der Waals surface area contributed by atoms with E-state index >= 15 is 0 Å². The first-order chi connectivity index (χ1) is 11.0. The molecule has 1 aromatic rings. The second kappa shape index (κ2) is 6.48. The summed E-state index contributed by atoms with van der Waals surface area (Å²) in [5.74, 6) is 0.528. The van der Waals surface area contributed by atoms with Crippen LogP contribution in [0.3, 0.4) is 0 Å². The Morgan fingerprint density at radius 2 is 1.83 bits per heavy atom. The second-order valence-corrected chi connectivity index (χ2v) is 8.50. The average molecular weight is 347 g/mol. The van der Waals surface area contributed by atoms with Gasteiger partial charge in [0.15, 0.2) is 11.6 Å². The van der Waals surface area contributed by atoms with Gasteiger partial charge in [-0.1, -0.05) is 43.5 Å². The van der Waals surface area contributed by atoms with E-state index in [1.165, 1.54) is 42.8 Å². The summed E-state index contributed by atoms with van der Waals surface area (Å²) in [5.41, 5.74) is 1.48. The van der Waals surface area contributed by atoms with E-state index in [9.17, 15) is 9.59 Å². The number of rotatable bonds is 4. The number of hydrogen-bond acceptors (Lipinski definition) is 4. The van der Waals surface area contributed by atoms with E-state index in [2.05, 4.69) is 0 Å². The Labute approximate surface area is 146 Å². The highest BCUT2D eigenvalue weighted by Crippen LogP contribution is 2.47. The molecule has 2 nitrogen and oxygen atoms in total. The SMILES string of the molecule is CSC(SC)=C1C(=O)c2ccccc2C(C)(CC2CCC2)C1=O. The fourth-order valence-corrected chi connectivity index (χ4v) is 5.19. The van der Waals surface area contributed by atoms with Crippen LogP contribution in [0.15, 0.2) is 34.1 Å². The van der Waals surface area contributed by atoms with E-state index in [0.29, 0.717) is 17.1 Å². The molecule has 0 aromatic heterocycles. The molecule has 4 heteroatoms. The molecule has 3 rings (SSSR count). The van der Waals surface area contributed by atoms with Crippen molar-refractivity contribution in [2.75, 3.05) is 12.5 Å². The van der Waals surface area contributed by atoms with Gasteiger partial charge in [-0.05, 0) is 37.3 Å². The van der Waals surface area contributed by atoms with Crippen molar-refractivity contribution in [1.82, 2.24) is 0 Å². The van der Waals surface area contributed by atoms with Crippen LogP contribution < -0.4 is 0 Å². The monoisotopic (exact) mass is 346 g/mol. The van der Waals surface area contributed by atoms with Gasteiger partial charge >= 0.3 is 0 Å². The summed E-state index contributed by atoms with van der Waals surface area (Å²) in [5, 5.41) is 0. The summed E-state index contributed by atoms with van der Waals surface area (Å²) in [6.45, 7) is 2.04. The second-order valence-electron chi connectivity index (χ2n) is 6.61. The Kier molecular flexibility index (Phi) is 4.75. The predicted molar refractivity (Wildman–Crippen MR) is 99.1 cm³/mol. The number of benzene rings is 1. The maximum atomic E-state index is 13.3. The molecule has 0 N–H and O–H groups in total. The van der Waals surface area contributed by atoms with Crippen LogP contribution in [0, 0.1) is 5.92 Å². The summed E-state index contributed by atoms with van der Waals surface area (Å²) in [6, 6.07) is 7.68. The number of carbonyl (C=O) groups is 2. The van der Waals surface area contributed by atoms with Crippen molar-refractivity contribution >= 4 is 35.1 Å². The molecule has 2 aliphatic carbocycles. The maximum absolute atomic E-state index is 13.3. The van der Waals surface area contributed by atoms with Gasteiger partial charge < -0.3 is 0 Å². The molecule has 0 saturated heterocycles. The lowest BCUT2D eigenvalue weighted by Crippen LogP contribution is -2.44. The Morgan fingerprint density at radius 3 is 2.39 bits per heavy atom. The number of fused-ring (bicyclic) bond motifs is 1. The molecule has 0 amide bonds. The molecular weight excluding hydrogens is 324 g/mol. The van der Waals surface area contributed by atoms with Crippen LogP contribution >= 0.6 is 23.5 Å². The summed E-state index contributed by atoms with van der Waals surface area (Å²) < 4.78 is 0.842. The topological polar surface area (TPSA) is 34.1 Å². The van der Waals surface area contributed by atoms with Crippen LogP contribution in [0.1, 0.15) is 48.5 Å². The highest BCUT2D eigenvalue weighted by molar-refractivity contribution is 8.21. The van der Waals surface area contributed by atoms with Gasteiger partial charge in [0.1, 0.15) is 0 Å². The third-order valence-electron chi connectivity index (χ3n) is 5.22. The third-order valence-corrected chi connectivity index (χ3v) is 7.37. The van der Waals surface area contributed by atoms with Crippen molar-refractivity contribution < 1.29 is 9.59 Å². The average Bonchev–Trinajstić information content (AvgIpc) is 2.53. The van der Waals surface area contributed by atoms with E-state index in [1.54, 1.807) is 0 Å². The number of thioether (sulfide) groups is 2. The zero-order valence-electron chi connectivity index (χ0n) is 13.8. The molecule has 23 heavy (non-hydrogen) atoms. The van der Waals surface area contributed by atoms with Gasteiger partial charge in [-0.15, -0.1) is 23.5 Å². The number of allylic oxidation sites excluding steroid dienone is 1. The van der Waals surface area contributed by atoms with E-state index < -0.39 is 5.41 Å². The first-order valence-electron chi connectivity index (χ1n) is 8.04. The van der Waals surface area contributed by atoms with Crippen LogP contribution in [0.25, 0.3) is 0 Å². The molecule has 0 heterocycles. The van der Waals surface area contributed by atoms with Crippen LogP contribution in [0.5, 0.6) is 0 Å². The van der Waals surface area contributed by atoms with Crippen LogP contribution in [0.4, 0.5) is 0 Å². The molecule has 122 valence electrons. The maximum Gasteiger partial charge on any atom is 0.198 e. The van der Waals surface area contributed by atoms with Gasteiger partial charge in [0.05, 0.1) is 15.2 Å². The summed E-state index contributed by atoms with van der Waals surface area (Å²) in [7, 11) is 0. The Morgan fingerprint density at radius 1 is 1.17 bits per heavy atom. The van der Waals surface area contributed by atoms with E-state index in [-0.39, 0.29) is 11.6 Å². The fourth-order valence-electron chi connectivity index (χ4n) is 3.75. The third kappa shape index (κ3) is 2.70. The number of Topliss-reactive ketones (excluding diaryl/α,β-unsaturated/α-hetero) is 2.